The zero-order valence-electron chi connectivity index (χ0n) is 63.5. The Balaban J connectivity index is 0.000000179. The van der Waals surface area contributed by atoms with E-state index in [0.29, 0.717) is 67.8 Å². The van der Waals surface area contributed by atoms with E-state index >= 15 is 0 Å². The van der Waals surface area contributed by atoms with Crippen molar-refractivity contribution >= 4 is 91.7 Å². The van der Waals surface area contributed by atoms with Crippen LogP contribution in [0.4, 0.5) is 22.2 Å². The molecule has 0 atom stereocenters. The quantitative estimate of drug-likeness (QED) is 0.0365. The number of nitriles is 3. The van der Waals surface area contributed by atoms with Crippen LogP contribution >= 0.6 is 0 Å². The highest BCUT2D eigenvalue weighted by molar-refractivity contribution is 6.07. The molecule has 0 unspecified atom stereocenters. The molecular weight excluding hydrogens is 1430 g/mol. The first kappa shape index (κ1) is 79.7. The molecule has 14 N–H and O–H groups in total. The second kappa shape index (κ2) is 33.5. The number of primary amides is 3. The van der Waals surface area contributed by atoms with E-state index in [0.717, 1.165) is 82.9 Å². The summed E-state index contributed by atoms with van der Waals surface area (Å²) in [6.45, 7) is 23.2. The molecule has 568 valence electrons. The number of hydrogen-bond donors (Lipinski definition) is 9. The van der Waals surface area contributed by atoms with Crippen molar-refractivity contribution in [3.05, 3.63) is 244 Å². The van der Waals surface area contributed by atoms with Crippen molar-refractivity contribution in [3.8, 4) is 18.2 Å². The first-order valence-corrected chi connectivity index (χ1v) is 34.8. The average Bonchev–Trinajstić information content (AvgIpc) is 1.42. The number of hydrogen-bond acceptors (Lipinski definition) is 22. The molecule has 0 radical (unpaired) electrons. The lowest BCUT2D eigenvalue weighted by molar-refractivity contribution is 0.0634. The lowest BCUT2D eigenvalue weighted by Gasteiger charge is -2.20. The number of nitrogen functional groups attached to an aromatic ring is 2. The van der Waals surface area contributed by atoms with Crippen molar-refractivity contribution in [2.24, 2.45) is 17.2 Å². The third kappa shape index (κ3) is 19.1. The molecule has 9 aromatic heterocycles. The first-order valence-electron chi connectivity index (χ1n) is 34.8. The zero-order chi connectivity index (χ0) is 81.3. The van der Waals surface area contributed by atoms with Gasteiger partial charge in [0, 0.05) is 90.1 Å². The highest BCUT2D eigenvalue weighted by Gasteiger charge is 2.26. The number of benzene rings is 3. The third-order valence-electron chi connectivity index (χ3n) is 17.7. The highest BCUT2D eigenvalue weighted by atomic mass is 16.6. The Kier molecular flexibility index (Phi) is 23.8. The summed E-state index contributed by atoms with van der Waals surface area (Å²) in [5.41, 5.74) is 42.4. The second-order valence-electron chi connectivity index (χ2n) is 27.8. The van der Waals surface area contributed by atoms with Gasteiger partial charge in [0.15, 0.2) is 17.1 Å². The molecule has 0 aliphatic rings. The Labute approximate surface area is 642 Å². The van der Waals surface area contributed by atoms with Gasteiger partial charge in [0.25, 0.3) is 35.4 Å². The average molecular weight is 1510 g/mol. The molecular formula is C80H80N24O8. The number of fused-ring (bicyclic) bond motifs is 3. The van der Waals surface area contributed by atoms with E-state index in [1.54, 1.807) is 82.7 Å². The van der Waals surface area contributed by atoms with Crippen LogP contribution in [0, 0.1) is 96.3 Å². The Morgan fingerprint density at radius 2 is 0.741 bits per heavy atom. The number of nitrogens with one attached hydrogen (secondary N) is 4. The van der Waals surface area contributed by atoms with Gasteiger partial charge in [-0.05, 0) is 223 Å². The Morgan fingerprint density at radius 3 is 1.02 bits per heavy atom. The van der Waals surface area contributed by atoms with Gasteiger partial charge in [-0.1, -0.05) is 0 Å². The van der Waals surface area contributed by atoms with Crippen LogP contribution in [-0.2, 0) is 44.0 Å². The standard InChI is InChI=1S/C30H32N8O4.2C25H24N8O2/c1-16-7-20-9-19(10-21(11-31)25(20)33-12-16)14-38-15-23(26(37-38)27(32)39)28(40)34-13-22-17(2)8-24(35-18(22)3)36-29(41)42-30(4,5)6;2*1-13-4-17-6-16(7-18(8-26)22(17)29-9-13)11-33-12-20(23(32-33)24(28)34)25(35)30-10-19-14(2)5-21(27)31-15(19)3/h7-10,12,15H,13-14H2,1-6H3,(H2,32,39)(H,34,40)(H,35,36,41);2*4-7,9,12H,10-11H2,1-3H3,(H2,27,31)(H2,28,34)(H,30,35). The van der Waals surface area contributed by atoms with Gasteiger partial charge in [-0.2, -0.15) is 31.1 Å². The fourth-order valence-electron chi connectivity index (χ4n) is 12.6. The van der Waals surface area contributed by atoms with E-state index in [1.165, 1.54) is 32.6 Å². The van der Waals surface area contributed by atoms with E-state index < -0.39 is 47.1 Å². The summed E-state index contributed by atoms with van der Waals surface area (Å²) in [7, 11) is 0. The van der Waals surface area contributed by atoms with Crippen LogP contribution in [0.15, 0.2) is 110 Å². The molecule has 0 aliphatic carbocycles. The van der Waals surface area contributed by atoms with Gasteiger partial charge in [0.05, 0.1) is 69.6 Å². The second-order valence-corrected chi connectivity index (χ2v) is 27.8. The van der Waals surface area contributed by atoms with Crippen LogP contribution in [0.5, 0.6) is 0 Å². The number of aromatic nitrogens is 12. The van der Waals surface area contributed by atoms with E-state index in [1.807, 2.05) is 91.8 Å². The highest BCUT2D eigenvalue weighted by Crippen LogP contribution is 2.27. The fraction of sp³-hybridized carbons (Fsp3) is 0.237. The molecule has 12 aromatic rings. The van der Waals surface area contributed by atoms with Crippen LogP contribution in [-0.4, -0.2) is 106 Å². The molecule has 32 nitrogen and oxygen atoms in total. The van der Waals surface area contributed by atoms with Gasteiger partial charge < -0.3 is 49.4 Å². The number of aryl methyl sites for hydroxylation is 9. The molecule has 7 amide bonds. The summed E-state index contributed by atoms with van der Waals surface area (Å²) < 4.78 is 9.64. The van der Waals surface area contributed by atoms with Crippen molar-refractivity contribution in [2.75, 3.05) is 16.8 Å². The van der Waals surface area contributed by atoms with Crippen molar-refractivity contribution in [1.82, 2.24) is 75.2 Å². The van der Waals surface area contributed by atoms with Gasteiger partial charge in [-0.25, -0.2) is 19.7 Å². The molecule has 9 heterocycles. The van der Waals surface area contributed by atoms with Gasteiger partial charge in [-0.15, -0.1) is 0 Å². The number of carbonyl (C=O) groups excluding carboxylic acids is 7. The predicted octanol–water partition coefficient (Wildman–Crippen LogP) is 8.61. The Bertz CT molecular complexity index is 5660. The summed E-state index contributed by atoms with van der Waals surface area (Å²) in [5.74, 6) is -2.85. The molecule has 0 saturated carbocycles. The molecule has 12 rings (SSSR count). The topological polar surface area (TPSA) is 509 Å². The maximum Gasteiger partial charge on any atom is 0.413 e. The smallest absolute Gasteiger partial charge is 0.413 e. The maximum atomic E-state index is 13.2. The Hall–Kier alpha value is -14.9. The third-order valence-corrected chi connectivity index (χ3v) is 17.7. The van der Waals surface area contributed by atoms with Crippen molar-refractivity contribution in [1.29, 1.82) is 15.8 Å². The van der Waals surface area contributed by atoms with Gasteiger partial charge in [0.2, 0.25) is 0 Å². The van der Waals surface area contributed by atoms with Crippen molar-refractivity contribution in [3.63, 3.8) is 0 Å². The lowest BCUT2D eigenvalue weighted by atomic mass is 10.0. The Morgan fingerprint density at radius 1 is 0.438 bits per heavy atom. The molecule has 0 spiro atoms. The molecule has 0 aliphatic heterocycles. The lowest BCUT2D eigenvalue weighted by Crippen LogP contribution is -2.28. The zero-order valence-corrected chi connectivity index (χ0v) is 63.5. The van der Waals surface area contributed by atoms with Gasteiger partial charge in [0.1, 0.15) is 41.3 Å². The maximum absolute atomic E-state index is 13.2. The molecule has 32 heteroatoms. The number of amides is 7. The van der Waals surface area contributed by atoms with Gasteiger partial charge in [-0.3, -0.25) is 63.1 Å². The first-order chi connectivity index (χ1) is 53.0. The molecule has 0 saturated heterocycles. The number of rotatable bonds is 19. The normalized spacial score (nSPS) is 10.9. The van der Waals surface area contributed by atoms with Crippen LogP contribution in [0.2, 0.25) is 0 Å². The van der Waals surface area contributed by atoms with Crippen LogP contribution in [0.1, 0.15) is 184 Å². The molecule has 0 bridgehead atoms. The van der Waals surface area contributed by atoms with E-state index in [-0.39, 0.29) is 73.0 Å². The van der Waals surface area contributed by atoms with Crippen LogP contribution in [0.3, 0.4) is 0 Å². The predicted molar refractivity (Wildman–Crippen MR) is 416 cm³/mol. The number of pyridine rings is 6. The minimum atomic E-state index is -0.846. The summed E-state index contributed by atoms with van der Waals surface area (Å²) in [6.07, 6.45) is 8.90. The number of nitrogens with two attached hydrogens (primary N) is 5. The minimum Gasteiger partial charge on any atom is -0.444 e. The molecule has 112 heavy (non-hydrogen) atoms. The van der Waals surface area contributed by atoms with Crippen LogP contribution < -0.4 is 49.9 Å². The molecule has 0 fully saturated rings. The number of anilines is 3. The summed E-state index contributed by atoms with van der Waals surface area (Å²) in [5, 5.41) is 54.9. The van der Waals surface area contributed by atoms with Crippen LogP contribution in [0.25, 0.3) is 32.7 Å². The SMILES string of the molecule is Cc1cnc2c(C#N)cc(Cn3cc(C(=O)NCc4c(C)cc(N)nc4C)c(C(N)=O)n3)cc2c1.Cc1cnc2c(C#N)cc(Cn3cc(C(=O)NCc4c(C)cc(N)nc4C)c(C(N)=O)n3)cc2c1.Cc1cnc2c(C#N)cc(Cn3cc(C(=O)NCc4c(C)cc(NC(=O)OC(C)(C)C)nc4C)c(C(N)=O)n3)cc2c1. The van der Waals surface area contributed by atoms with E-state index in [9.17, 15) is 49.3 Å². The number of ether oxygens (including phenoxy) is 1. The van der Waals surface area contributed by atoms with E-state index in [2.05, 4.69) is 84.7 Å². The minimum absolute atomic E-state index is 0.0211. The fourth-order valence-corrected chi connectivity index (χ4v) is 12.6. The summed E-state index contributed by atoms with van der Waals surface area (Å²) >= 11 is 0. The summed E-state index contributed by atoms with van der Waals surface area (Å²) in [4.78, 5) is 113. The monoisotopic (exact) mass is 1500 g/mol. The number of carbonyl (C=O) groups is 7. The largest absolute Gasteiger partial charge is 0.444 e. The summed E-state index contributed by atoms with van der Waals surface area (Å²) in [6, 6.07) is 28.3. The van der Waals surface area contributed by atoms with Crippen molar-refractivity contribution in [2.45, 2.75) is 128 Å². The number of nitrogens with zero attached hydrogens (tertiary/aromatic N) is 15. The molecule has 3 aromatic carbocycles. The van der Waals surface area contributed by atoms with Gasteiger partial charge >= 0.3 is 6.09 Å². The van der Waals surface area contributed by atoms with Crippen molar-refractivity contribution < 1.29 is 38.3 Å². The van der Waals surface area contributed by atoms with E-state index in [4.69, 9.17) is 33.4 Å².